The van der Waals surface area contributed by atoms with Crippen LogP contribution < -0.4 is 32.3 Å². The minimum absolute atomic E-state index is 0.435. The monoisotopic (exact) mass is 1020 g/mol. The number of alkyl halides is 6. The number of benzene rings is 5. The van der Waals surface area contributed by atoms with Crippen molar-refractivity contribution in [1.82, 2.24) is 9.72 Å². The third kappa shape index (κ3) is 10.1. The van der Waals surface area contributed by atoms with Crippen LogP contribution in [-0.4, -0.2) is 44.0 Å². The zero-order valence-corrected chi connectivity index (χ0v) is 35.8. The maximum absolute atomic E-state index is 14.9. The molecule has 5 aromatic carbocycles. The van der Waals surface area contributed by atoms with E-state index in [0.717, 1.165) is 91.0 Å². The van der Waals surface area contributed by atoms with Crippen LogP contribution in [0.1, 0.15) is 0 Å². The Bertz CT molecular complexity index is 2350. The minimum atomic E-state index is -7.26. The number of halogens is 11. The van der Waals surface area contributed by atoms with Gasteiger partial charge in [0.15, 0.2) is 0 Å². The van der Waals surface area contributed by atoms with Crippen molar-refractivity contribution in [2.75, 3.05) is 0 Å². The first-order chi connectivity index (χ1) is 28.3. The van der Waals surface area contributed by atoms with Crippen molar-refractivity contribution in [3.8, 4) is 57.5 Å². The molecular weight excluding hydrogens is 999 g/mol. The van der Waals surface area contributed by atoms with Gasteiger partial charge in [-0.25, -0.2) is 0 Å². The number of hydrogen-bond donors (Lipinski definition) is 7. The molecule has 0 radical (unpaired) electrons. The fraction of sp³-hybridized carbons (Fsp3) is 0.0909. The Kier molecular flexibility index (Phi) is 12.6. The molecule has 0 aliphatic carbocycles. The average Bonchev–Trinajstić information content (AvgIpc) is 3.14. The summed E-state index contributed by atoms with van der Waals surface area (Å²) >= 11 is 30.9. The molecule has 0 spiro atoms. The van der Waals surface area contributed by atoms with E-state index < -0.39 is 125 Å². The van der Waals surface area contributed by atoms with Crippen molar-refractivity contribution >= 4 is 81.7 Å². The quantitative estimate of drug-likeness (QED) is 0.0462. The van der Waals surface area contributed by atoms with Gasteiger partial charge in [0.2, 0.25) is 0 Å². The summed E-state index contributed by atoms with van der Waals surface area (Å²) in [5.74, 6) is -6.02. The van der Waals surface area contributed by atoms with Crippen molar-refractivity contribution in [3.05, 3.63) is 116 Å². The SMILES string of the molecule is Oc1ccc(OP2(Oc3ccc(O)c(Cl)c3)(Oc3ccc(O)c(Cl)c3)N=PNP(Oc3ccc(O)c(Cl)c3)(Oc3ccc(O)c(Cl)c3)(OC(C(F)(F)F)C(F)(F)F)N2)cc1Cl. The number of aromatic hydroxyl groups is 5. The average molecular weight is 1020 g/mol. The molecule has 14 nitrogen and oxygen atoms in total. The number of nitrogens with zero attached hydrogens (tertiary/aromatic N) is 1. The van der Waals surface area contributed by atoms with Gasteiger partial charge < -0.3 is 0 Å². The Morgan fingerprint density at radius 1 is 0.492 bits per heavy atom. The predicted octanol–water partition coefficient (Wildman–Crippen LogP) is 13.2. The van der Waals surface area contributed by atoms with Crippen LogP contribution in [0.4, 0.5) is 26.3 Å². The van der Waals surface area contributed by atoms with Gasteiger partial charge in [-0.2, -0.15) is 0 Å². The van der Waals surface area contributed by atoms with Crippen LogP contribution in [0.25, 0.3) is 0 Å². The number of hydrogen-bond acceptors (Lipinski definition) is 14. The van der Waals surface area contributed by atoms with Crippen LogP contribution in [0.15, 0.2) is 95.5 Å². The maximum atomic E-state index is 14.9. The number of nitrogens with one attached hydrogen (secondary N) is 2. The summed E-state index contributed by atoms with van der Waals surface area (Å²) in [6.45, 7) is 0. The van der Waals surface area contributed by atoms with E-state index >= 15 is 0 Å². The van der Waals surface area contributed by atoms with Gasteiger partial charge in [0, 0.05) is 0 Å². The molecular formula is C33H23Cl5F6N3O11P3. The molecule has 0 saturated heterocycles. The second-order valence-corrected chi connectivity index (χ2v) is 21.3. The second-order valence-electron chi connectivity index (χ2n) is 12.2. The third-order valence-electron chi connectivity index (χ3n) is 7.58. The number of rotatable bonds is 12. The molecule has 7 N–H and O–H groups in total. The van der Waals surface area contributed by atoms with Crippen LogP contribution in [0.5, 0.6) is 57.5 Å². The predicted molar refractivity (Wildman–Crippen MR) is 215 cm³/mol. The molecule has 0 fully saturated rings. The zero-order chi connectivity index (χ0) is 44.8. The Morgan fingerprint density at radius 2 is 0.770 bits per heavy atom. The summed E-state index contributed by atoms with van der Waals surface area (Å²) in [4.78, 5) is 4.54. The molecule has 328 valence electrons. The van der Waals surface area contributed by atoms with Gasteiger partial charge >= 0.3 is 367 Å². The molecule has 6 rings (SSSR count). The summed E-state index contributed by atoms with van der Waals surface area (Å²) in [5, 5.41) is 48.8. The van der Waals surface area contributed by atoms with Gasteiger partial charge in [0.05, 0.1) is 0 Å². The summed E-state index contributed by atoms with van der Waals surface area (Å²) < 4.78 is 130. The van der Waals surface area contributed by atoms with E-state index in [1.165, 1.54) is 0 Å². The Labute approximate surface area is 365 Å². The fourth-order valence-corrected chi connectivity index (χ4v) is 16.3. The van der Waals surface area contributed by atoms with Crippen LogP contribution in [0.3, 0.4) is 0 Å². The number of phenolic OH excluding ortho intramolecular Hbond substituents is 5. The van der Waals surface area contributed by atoms with Crippen molar-refractivity contribution in [3.63, 3.8) is 0 Å². The molecule has 28 heteroatoms. The van der Waals surface area contributed by atoms with Crippen LogP contribution in [-0.2, 0) is 4.52 Å². The first kappa shape index (κ1) is 46.5. The van der Waals surface area contributed by atoms with Gasteiger partial charge in [0.1, 0.15) is 0 Å². The van der Waals surface area contributed by atoms with Gasteiger partial charge in [-0.15, -0.1) is 0 Å². The first-order valence-electron chi connectivity index (χ1n) is 16.1. The van der Waals surface area contributed by atoms with Gasteiger partial charge in [0.25, 0.3) is 0 Å². The Morgan fingerprint density at radius 3 is 1.03 bits per heavy atom. The molecule has 0 amide bonds. The van der Waals surface area contributed by atoms with E-state index in [1.807, 2.05) is 0 Å². The van der Waals surface area contributed by atoms with E-state index in [1.54, 1.807) is 0 Å². The molecule has 0 saturated carbocycles. The topological polar surface area (TPSA) is 193 Å². The molecule has 1 heterocycles. The second kappa shape index (κ2) is 16.6. The molecule has 0 unspecified atom stereocenters. The van der Waals surface area contributed by atoms with E-state index in [2.05, 4.69) is 14.2 Å². The summed E-state index contributed by atoms with van der Waals surface area (Å²) in [6, 6.07) is 13.5. The number of phenols is 5. The summed E-state index contributed by atoms with van der Waals surface area (Å²) in [6.07, 6.45) is -17.5. The fourth-order valence-electron chi connectivity index (χ4n) is 5.03. The first-order valence-corrected chi connectivity index (χ1v) is 22.8. The molecule has 0 bridgehead atoms. The molecule has 1 aliphatic rings. The van der Waals surface area contributed by atoms with E-state index in [0.29, 0.717) is 0 Å². The van der Waals surface area contributed by atoms with Crippen LogP contribution in [0, 0.1) is 0 Å². The Balaban J connectivity index is 1.79. The standard InChI is InChI=1S/C33H23Cl5F6N3O11P3/c34-21-11-16(1-6-26(21)48)53-60(54-17-2-7-27(49)22(35)12-17,55-18-3-8-28(50)23(36)13-18)45-59-46-61(47-60,56-19-4-9-29(51)24(37)14-19,57-20-5-10-30(52)25(38)15-20)58-31(32(39,40)41)33(42,43)44/h1-15,31,47-52H,(H,45,46). The van der Waals surface area contributed by atoms with Gasteiger partial charge in [-0.1, -0.05) is 0 Å². The van der Waals surface area contributed by atoms with Gasteiger partial charge in [-0.05, 0) is 0 Å². The zero-order valence-electron chi connectivity index (χ0n) is 29.4. The van der Waals surface area contributed by atoms with Crippen molar-refractivity contribution in [2.24, 2.45) is 4.52 Å². The van der Waals surface area contributed by atoms with Gasteiger partial charge in [-0.3, -0.25) is 0 Å². The summed E-state index contributed by atoms with van der Waals surface area (Å²) in [7, 11) is -14.9. The van der Waals surface area contributed by atoms with E-state index in [-0.39, 0.29) is 0 Å². The van der Waals surface area contributed by atoms with Crippen molar-refractivity contribution in [1.29, 1.82) is 0 Å². The van der Waals surface area contributed by atoms with E-state index in [4.69, 9.17) is 85.1 Å². The molecule has 0 atom stereocenters. The van der Waals surface area contributed by atoms with E-state index in [9.17, 15) is 51.9 Å². The molecule has 5 aromatic rings. The van der Waals surface area contributed by atoms with Crippen molar-refractivity contribution in [2.45, 2.75) is 18.5 Å². The van der Waals surface area contributed by atoms with Crippen LogP contribution >= 0.6 is 81.7 Å². The molecule has 61 heavy (non-hydrogen) atoms. The molecule has 1 aliphatic heterocycles. The molecule has 0 aromatic heterocycles. The Hall–Kier alpha value is -4.03. The normalized spacial score (nSPS) is 18.1. The van der Waals surface area contributed by atoms with Crippen LogP contribution in [0.2, 0.25) is 25.1 Å². The van der Waals surface area contributed by atoms with Crippen molar-refractivity contribution < 1.29 is 79.0 Å². The third-order valence-corrected chi connectivity index (χ3v) is 18.4. The summed E-state index contributed by atoms with van der Waals surface area (Å²) in [5.41, 5.74) is 0.